The first-order valence-corrected chi connectivity index (χ1v) is 6.63. The lowest BCUT2D eigenvalue weighted by molar-refractivity contribution is -0.167. The fraction of sp³-hybridized carbons (Fsp3) is 0.333. The maximum Gasteiger partial charge on any atom is 0.303 e. The van der Waals surface area contributed by atoms with Gasteiger partial charge in [-0.15, -0.1) is 0 Å². The first-order chi connectivity index (χ1) is 10.4. The van der Waals surface area contributed by atoms with Gasteiger partial charge in [0.25, 0.3) is 11.8 Å². The topological polar surface area (TPSA) is 90.0 Å². The summed E-state index contributed by atoms with van der Waals surface area (Å²) in [4.78, 5) is 47.7. The monoisotopic (exact) mass is 305 g/mol. The number of rotatable bonds is 4. The van der Waals surface area contributed by atoms with E-state index in [4.69, 9.17) is 9.47 Å². The summed E-state index contributed by atoms with van der Waals surface area (Å²) in [5.74, 6) is -2.86. The van der Waals surface area contributed by atoms with Crippen LogP contribution in [0.25, 0.3) is 0 Å². The molecule has 2 atom stereocenters. The molecular weight excluding hydrogens is 290 g/mol. The number of carbonyl (C=O) groups excluding carboxylic acids is 4. The van der Waals surface area contributed by atoms with E-state index in [-0.39, 0.29) is 6.54 Å². The van der Waals surface area contributed by atoms with Crippen LogP contribution in [0.4, 0.5) is 0 Å². The highest BCUT2D eigenvalue weighted by molar-refractivity contribution is 6.09. The van der Waals surface area contributed by atoms with Gasteiger partial charge in [-0.1, -0.05) is 30.3 Å². The molecule has 0 spiro atoms. The Kier molecular flexibility index (Phi) is 4.55. The molecular formula is C15H15NO6. The van der Waals surface area contributed by atoms with Gasteiger partial charge < -0.3 is 9.47 Å². The van der Waals surface area contributed by atoms with E-state index in [9.17, 15) is 19.2 Å². The Balaban J connectivity index is 2.24. The number of nitrogens with zero attached hydrogens (tertiary/aromatic N) is 1. The molecule has 1 aromatic rings. The van der Waals surface area contributed by atoms with Gasteiger partial charge in [-0.2, -0.15) is 0 Å². The van der Waals surface area contributed by atoms with E-state index in [2.05, 4.69) is 0 Å². The quantitative estimate of drug-likeness (QED) is 0.591. The van der Waals surface area contributed by atoms with E-state index in [0.29, 0.717) is 0 Å². The molecule has 1 saturated heterocycles. The molecule has 7 nitrogen and oxygen atoms in total. The van der Waals surface area contributed by atoms with Crippen LogP contribution in [-0.4, -0.2) is 40.9 Å². The van der Waals surface area contributed by atoms with Crippen molar-refractivity contribution in [3.63, 3.8) is 0 Å². The van der Waals surface area contributed by atoms with Crippen molar-refractivity contribution in [1.29, 1.82) is 0 Å². The third-order valence-electron chi connectivity index (χ3n) is 3.06. The molecule has 0 bridgehead atoms. The van der Waals surface area contributed by atoms with Crippen LogP contribution in [0.3, 0.4) is 0 Å². The van der Waals surface area contributed by atoms with Crippen molar-refractivity contribution in [1.82, 2.24) is 4.90 Å². The second kappa shape index (κ2) is 6.38. The molecule has 1 fully saturated rings. The summed E-state index contributed by atoms with van der Waals surface area (Å²) in [6, 6.07) is 8.85. The first-order valence-electron chi connectivity index (χ1n) is 6.63. The van der Waals surface area contributed by atoms with Crippen molar-refractivity contribution in [2.24, 2.45) is 0 Å². The van der Waals surface area contributed by atoms with Gasteiger partial charge in [0.2, 0.25) is 12.2 Å². The van der Waals surface area contributed by atoms with E-state index in [1.54, 1.807) is 30.3 Å². The summed E-state index contributed by atoms with van der Waals surface area (Å²) >= 11 is 0. The van der Waals surface area contributed by atoms with Gasteiger partial charge in [0.05, 0.1) is 6.54 Å². The van der Waals surface area contributed by atoms with Gasteiger partial charge in [0.15, 0.2) is 0 Å². The van der Waals surface area contributed by atoms with Crippen LogP contribution in [-0.2, 0) is 35.2 Å². The minimum absolute atomic E-state index is 0.0219. The fourth-order valence-corrected chi connectivity index (χ4v) is 2.18. The number of likely N-dealkylation sites (tertiary alicyclic amines) is 1. The van der Waals surface area contributed by atoms with Crippen LogP contribution >= 0.6 is 0 Å². The van der Waals surface area contributed by atoms with E-state index in [1.807, 2.05) is 0 Å². The highest BCUT2D eigenvalue weighted by Gasteiger charge is 2.52. The Morgan fingerprint density at radius 3 is 1.82 bits per heavy atom. The zero-order valence-electron chi connectivity index (χ0n) is 12.1. The Labute approximate surface area is 126 Å². The zero-order valence-corrected chi connectivity index (χ0v) is 12.1. The number of hydrogen-bond donors (Lipinski definition) is 0. The van der Waals surface area contributed by atoms with Crippen LogP contribution in [0, 0.1) is 0 Å². The number of ether oxygens (including phenoxy) is 2. The van der Waals surface area contributed by atoms with Gasteiger partial charge in [0.1, 0.15) is 0 Å². The van der Waals surface area contributed by atoms with E-state index >= 15 is 0 Å². The maximum absolute atomic E-state index is 12.3. The van der Waals surface area contributed by atoms with Crippen molar-refractivity contribution in [3.05, 3.63) is 35.9 Å². The number of hydrogen-bond acceptors (Lipinski definition) is 6. The van der Waals surface area contributed by atoms with Crippen molar-refractivity contribution >= 4 is 23.8 Å². The molecule has 0 saturated carbocycles. The SMILES string of the molecule is CC(=O)O[C@H]1C(=O)N(Cc2ccccc2)C(=O)[C@@H]1OC(C)=O. The molecule has 1 aliphatic rings. The molecule has 0 radical (unpaired) electrons. The summed E-state index contributed by atoms with van der Waals surface area (Å²) in [7, 11) is 0. The van der Waals surface area contributed by atoms with Gasteiger partial charge in [0, 0.05) is 13.8 Å². The second-order valence-corrected chi connectivity index (χ2v) is 4.81. The molecule has 0 unspecified atom stereocenters. The van der Waals surface area contributed by atoms with Crippen molar-refractivity contribution in [2.75, 3.05) is 0 Å². The lowest BCUT2D eigenvalue weighted by atomic mass is 10.2. The molecule has 2 rings (SSSR count). The summed E-state index contributed by atoms with van der Waals surface area (Å²) < 4.78 is 9.69. The van der Waals surface area contributed by atoms with Crippen LogP contribution in [0.15, 0.2) is 30.3 Å². The average molecular weight is 305 g/mol. The highest BCUT2D eigenvalue weighted by Crippen LogP contribution is 2.22. The molecule has 0 aliphatic carbocycles. The van der Waals surface area contributed by atoms with Crippen LogP contribution < -0.4 is 0 Å². The summed E-state index contributed by atoms with van der Waals surface area (Å²) in [6.07, 6.45) is -2.87. The van der Waals surface area contributed by atoms with Crippen molar-refractivity contribution in [2.45, 2.75) is 32.6 Å². The van der Waals surface area contributed by atoms with E-state index in [1.165, 1.54) is 0 Å². The summed E-state index contributed by atoms with van der Waals surface area (Å²) in [6.45, 7) is 2.25. The molecule has 7 heteroatoms. The van der Waals surface area contributed by atoms with Gasteiger partial charge >= 0.3 is 11.9 Å². The van der Waals surface area contributed by atoms with Crippen LogP contribution in [0.1, 0.15) is 19.4 Å². The minimum Gasteiger partial charge on any atom is -0.448 e. The normalized spacial score (nSPS) is 20.9. The van der Waals surface area contributed by atoms with E-state index < -0.39 is 36.0 Å². The number of amides is 2. The smallest absolute Gasteiger partial charge is 0.303 e. The maximum atomic E-state index is 12.3. The molecule has 1 heterocycles. The van der Waals surface area contributed by atoms with Crippen LogP contribution in [0.2, 0.25) is 0 Å². The fourth-order valence-electron chi connectivity index (χ4n) is 2.18. The van der Waals surface area contributed by atoms with Gasteiger partial charge in [-0.25, -0.2) is 0 Å². The Hall–Kier alpha value is -2.70. The molecule has 1 aliphatic heterocycles. The Morgan fingerprint density at radius 2 is 1.41 bits per heavy atom. The summed E-state index contributed by atoms with van der Waals surface area (Å²) in [5.41, 5.74) is 0.731. The average Bonchev–Trinajstić information content (AvgIpc) is 2.65. The Morgan fingerprint density at radius 1 is 0.955 bits per heavy atom. The van der Waals surface area contributed by atoms with Gasteiger partial charge in [-0.3, -0.25) is 24.1 Å². The number of benzene rings is 1. The number of esters is 2. The molecule has 1 aromatic carbocycles. The second-order valence-electron chi connectivity index (χ2n) is 4.81. The van der Waals surface area contributed by atoms with Crippen molar-refractivity contribution in [3.8, 4) is 0 Å². The standard InChI is InChI=1S/C15H15NO6/c1-9(17)21-12-13(22-10(2)18)15(20)16(14(12)19)8-11-6-4-3-5-7-11/h3-7,12-13H,8H2,1-2H3/t12-,13-/m1/s1. The minimum atomic E-state index is -1.43. The predicted octanol–water partition coefficient (Wildman–Crippen LogP) is 0.419. The molecule has 0 aromatic heterocycles. The first kappa shape index (κ1) is 15.7. The zero-order chi connectivity index (χ0) is 16.3. The van der Waals surface area contributed by atoms with Crippen molar-refractivity contribution < 1.29 is 28.7 Å². The highest BCUT2D eigenvalue weighted by atomic mass is 16.6. The third kappa shape index (κ3) is 3.30. The molecule has 0 N–H and O–H groups in total. The lowest BCUT2D eigenvalue weighted by Gasteiger charge is -2.14. The van der Waals surface area contributed by atoms with Crippen LogP contribution in [0.5, 0.6) is 0 Å². The molecule has 116 valence electrons. The van der Waals surface area contributed by atoms with E-state index in [0.717, 1.165) is 24.3 Å². The third-order valence-corrected chi connectivity index (χ3v) is 3.06. The summed E-state index contributed by atoms with van der Waals surface area (Å²) in [5, 5.41) is 0. The largest absolute Gasteiger partial charge is 0.448 e. The predicted molar refractivity (Wildman–Crippen MR) is 73.1 cm³/mol. The lowest BCUT2D eigenvalue weighted by Crippen LogP contribution is -2.36. The molecule has 22 heavy (non-hydrogen) atoms. The molecule has 2 amide bonds. The number of carbonyl (C=O) groups is 4. The number of imide groups is 1. The van der Waals surface area contributed by atoms with Gasteiger partial charge in [-0.05, 0) is 5.56 Å². The Bertz CT molecular complexity index is 578.